The second-order valence-electron chi connectivity index (χ2n) is 6.02. The zero-order valence-electron chi connectivity index (χ0n) is 15.3. The van der Waals surface area contributed by atoms with Crippen molar-refractivity contribution in [3.8, 4) is 5.75 Å². The third kappa shape index (κ3) is 7.57. The lowest BCUT2D eigenvalue weighted by Gasteiger charge is -2.06. The average molecular weight is 490 g/mol. The molecule has 0 aliphatic carbocycles. The molecule has 0 fully saturated rings. The Balaban J connectivity index is 1.41. The van der Waals surface area contributed by atoms with E-state index in [1.165, 1.54) is 11.8 Å². The molecule has 29 heavy (non-hydrogen) atoms. The maximum absolute atomic E-state index is 11.9. The monoisotopic (exact) mass is 488 g/mol. The molecule has 1 amide bonds. The minimum atomic E-state index is -0.171. The number of amides is 1. The summed E-state index contributed by atoms with van der Waals surface area (Å²) in [7, 11) is 0. The van der Waals surface area contributed by atoms with Gasteiger partial charge in [-0.2, -0.15) is 5.10 Å². The molecule has 0 heterocycles. The van der Waals surface area contributed by atoms with Crippen LogP contribution in [0.5, 0.6) is 5.75 Å². The SMILES string of the molecule is O=C(CSc1ccc(Cl)cc1)N/N=C\c1ccc(OCc2ccc(Br)cc2)cc1. The molecular formula is C22H18BrClN2O2S. The van der Waals surface area contributed by atoms with Gasteiger partial charge in [-0.25, -0.2) is 5.43 Å². The van der Waals surface area contributed by atoms with E-state index >= 15 is 0 Å². The van der Waals surface area contributed by atoms with Gasteiger partial charge in [0.05, 0.1) is 12.0 Å². The number of rotatable bonds is 8. The Morgan fingerprint density at radius 2 is 1.72 bits per heavy atom. The highest BCUT2D eigenvalue weighted by Crippen LogP contribution is 2.20. The topological polar surface area (TPSA) is 50.7 Å². The summed E-state index contributed by atoms with van der Waals surface area (Å²) in [6.45, 7) is 0.502. The van der Waals surface area contributed by atoms with Gasteiger partial charge in [-0.1, -0.05) is 39.7 Å². The highest BCUT2D eigenvalue weighted by atomic mass is 79.9. The summed E-state index contributed by atoms with van der Waals surface area (Å²) in [5, 5.41) is 4.67. The fraction of sp³-hybridized carbons (Fsp3) is 0.0909. The summed E-state index contributed by atoms with van der Waals surface area (Å²) in [5.74, 6) is 0.881. The van der Waals surface area contributed by atoms with Crippen LogP contribution in [0.15, 0.2) is 87.3 Å². The molecular weight excluding hydrogens is 472 g/mol. The van der Waals surface area contributed by atoms with Crippen LogP contribution < -0.4 is 10.2 Å². The van der Waals surface area contributed by atoms with E-state index in [9.17, 15) is 4.79 Å². The van der Waals surface area contributed by atoms with E-state index in [0.29, 0.717) is 11.6 Å². The van der Waals surface area contributed by atoms with Gasteiger partial charge in [-0.05, 0) is 71.8 Å². The molecule has 0 spiro atoms. The Kier molecular flexibility index (Phi) is 8.16. The summed E-state index contributed by atoms with van der Waals surface area (Å²) in [5.41, 5.74) is 4.49. The van der Waals surface area contributed by atoms with Crippen LogP contribution in [0, 0.1) is 0 Å². The normalized spacial score (nSPS) is 10.8. The first-order valence-corrected chi connectivity index (χ1v) is 10.9. The third-order valence-electron chi connectivity index (χ3n) is 3.79. The van der Waals surface area contributed by atoms with E-state index in [-0.39, 0.29) is 11.7 Å². The second-order valence-corrected chi connectivity index (χ2v) is 8.42. The van der Waals surface area contributed by atoms with E-state index in [0.717, 1.165) is 26.2 Å². The molecule has 0 bridgehead atoms. The maximum Gasteiger partial charge on any atom is 0.250 e. The fourth-order valence-corrected chi connectivity index (χ4v) is 3.37. The number of nitrogens with one attached hydrogen (secondary N) is 1. The Hall–Kier alpha value is -2.28. The lowest BCUT2D eigenvalue weighted by molar-refractivity contribution is -0.118. The molecule has 148 valence electrons. The van der Waals surface area contributed by atoms with Crippen LogP contribution in [0.1, 0.15) is 11.1 Å². The number of hydrogen-bond acceptors (Lipinski definition) is 4. The molecule has 0 aliphatic rings. The zero-order chi connectivity index (χ0) is 20.5. The van der Waals surface area contributed by atoms with Gasteiger partial charge in [-0.3, -0.25) is 4.79 Å². The van der Waals surface area contributed by atoms with Crippen molar-refractivity contribution in [1.29, 1.82) is 0 Å². The summed E-state index contributed by atoms with van der Waals surface area (Å²) in [4.78, 5) is 12.9. The third-order valence-corrected chi connectivity index (χ3v) is 5.58. The molecule has 3 rings (SSSR count). The molecule has 3 aromatic carbocycles. The van der Waals surface area contributed by atoms with E-state index < -0.39 is 0 Å². The standard InChI is InChI=1S/C22H18BrClN2O2S/c23-18-5-1-17(2-6-18)14-28-20-9-3-16(4-10-20)13-25-26-22(27)15-29-21-11-7-19(24)8-12-21/h1-13H,14-15H2,(H,26,27)/b25-13-. The number of thioether (sulfide) groups is 1. The molecule has 3 aromatic rings. The minimum Gasteiger partial charge on any atom is -0.489 e. The highest BCUT2D eigenvalue weighted by Gasteiger charge is 2.02. The van der Waals surface area contributed by atoms with Crippen molar-refractivity contribution < 1.29 is 9.53 Å². The van der Waals surface area contributed by atoms with Crippen LogP contribution in [-0.2, 0) is 11.4 Å². The molecule has 0 saturated heterocycles. The first-order chi connectivity index (χ1) is 14.1. The molecule has 0 aliphatic heterocycles. The van der Waals surface area contributed by atoms with Crippen LogP contribution in [0.4, 0.5) is 0 Å². The van der Waals surface area contributed by atoms with Gasteiger partial charge in [0.1, 0.15) is 12.4 Å². The zero-order valence-corrected chi connectivity index (χ0v) is 18.5. The largest absolute Gasteiger partial charge is 0.489 e. The van der Waals surface area contributed by atoms with Crippen LogP contribution in [0.3, 0.4) is 0 Å². The van der Waals surface area contributed by atoms with E-state index in [2.05, 4.69) is 26.5 Å². The number of carbonyl (C=O) groups excluding carboxylic acids is 1. The number of benzene rings is 3. The van der Waals surface area contributed by atoms with E-state index in [1.807, 2.05) is 60.7 Å². The lowest BCUT2D eigenvalue weighted by Crippen LogP contribution is -2.19. The number of hydrazone groups is 1. The fourth-order valence-electron chi connectivity index (χ4n) is 2.29. The lowest BCUT2D eigenvalue weighted by atomic mass is 10.2. The van der Waals surface area contributed by atoms with E-state index in [1.54, 1.807) is 18.3 Å². The second kappa shape index (κ2) is 11.0. The average Bonchev–Trinajstić information content (AvgIpc) is 2.74. The van der Waals surface area contributed by atoms with Crippen molar-refractivity contribution in [2.45, 2.75) is 11.5 Å². The van der Waals surface area contributed by atoms with Gasteiger partial charge in [0, 0.05) is 14.4 Å². The minimum absolute atomic E-state index is 0.171. The summed E-state index contributed by atoms with van der Waals surface area (Å²) in [6, 6.07) is 22.9. The van der Waals surface area contributed by atoms with Gasteiger partial charge >= 0.3 is 0 Å². The molecule has 0 unspecified atom stereocenters. The van der Waals surface area contributed by atoms with Crippen molar-refractivity contribution in [2.75, 3.05) is 5.75 Å². The number of halogens is 2. The Morgan fingerprint density at radius 3 is 2.41 bits per heavy atom. The quantitative estimate of drug-likeness (QED) is 0.243. The summed E-state index contributed by atoms with van der Waals surface area (Å²) in [6.07, 6.45) is 1.60. The molecule has 7 heteroatoms. The van der Waals surface area contributed by atoms with Crippen molar-refractivity contribution in [2.24, 2.45) is 5.10 Å². The summed E-state index contributed by atoms with van der Waals surface area (Å²) >= 11 is 10.7. The Bertz CT molecular complexity index is 962. The number of nitrogens with zero attached hydrogens (tertiary/aromatic N) is 1. The van der Waals surface area contributed by atoms with Crippen molar-refractivity contribution >= 4 is 51.4 Å². The molecule has 0 aromatic heterocycles. The van der Waals surface area contributed by atoms with Gasteiger partial charge in [0.25, 0.3) is 0 Å². The van der Waals surface area contributed by atoms with Crippen LogP contribution in [0.25, 0.3) is 0 Å². The Labute approximate surface area is 187 Å². The van der Waals surface area contributed by atoms with Crippen LogP contribution in [0.2, 0.25) is 5.02 Å². The molecule has 0 saturated carbocycles. The molecule has 4 nitrogen and oxygen atoms in total. The maximum atomic E-state index is 11.9. The first kappa shape index (κ1) is 21.4. The highest BCUT2D eigenvalue weighted by molar-refractivity contribution is 9.10. The van der Waals surface area contributed by atoms with Crippen LogP contribution >= 0.6 is 39.3 Å². The van der Waals surface area contributed by atoms with Crippen molar-refractivity contribution in [3.63, 3.8) is 0 Å². The number of ether oxygens (including phenoxy) is 1. The predicted octanol–water partition coefficient (Wildman–Crippen LogP) is 5.92. The predicted molar refractivity (Wildman–Crippen MR) is 123 cm³/mol. The van der Waals surface area contributed by atoms with Gasteiger partial charge < -0.3 is 4.74 Å². The van der Waals surface area contributed by atoms with Gasteiger partial charge in [-0.15, -0.1) is 11.8 Å². The molecule has 0 radical (unpaired) electrons. The number of carbonyl (C=O) groups is 1. The van der Waals surface area contributed by atoms with Gasteiger partial charge in [0.15, 0.2) is 0 Å². The number of hydrogen-bond donors (Lipinski definition) is 1. The summed E-state index contributed by atoms with van der Waals surface area (Å²) < 4.78 is 6.81. The molecule has 1 N–H and O–H groups in total. The van der Waals surface area contributed by atoms with Gasteiger partial charge in [0.2, 0.25) is 5.91 Å². The van der Waals surface area contributed by atoms with E-state index in [4.69, 9.17) is 16.3 Å². The van der Waals surface area contributed by atoms with Crippen molar-refractivity contribution in [3.05, 3.63) is 93.4 Å². The van der Waals surface area contributed by atoms with Crippen LogP contribution in [-0.4, -0.2) is 17.9 Å². The Morgan fingerprint density at radius 1 is 1.03 bits per heavy atom. The smallest absolute Gasteiger partial charge is 0.250 e. The molecule has 0 atom stereocenters. The van der Waals surface area contributed by atoms with Crippen molar-refractivity contribution in [1.82, 2.24) is 5.43 Å². The first-order valence-electron chi connectivity index (χ1n) is 8.76.